The normalized spacial score (nSPS) is 25.8. The highest BCUT2D eigenvalue weighted by Gasteiger charge is 2.76. The third-order valence-electron chi connectivity index (χ3n) is 4.65. The predicted molar refractivity (Wildman–Crippen MR) is 107 cm³/mol. The molecule has 0 aliphatic heterocycles. The van der Waals surface area contributed by atoms with Crippen LogP contribution < -0.4 is 0 Å². The Hall–Kier alpha value is 0.960. The maximum absolute atomic E-state index is 14.0. The molecule has 1 aromatic carbocycles. The summed E-state index contributed by atoms with van der Waals surface area (Å²) in [5.74, 6) is 0. The van der Waals surface area contributed by atoms with Crippen LogP contribution >= 0.6 is 77.0 Å². The summed E-state index contributed by atoms with van der Waals surface area (Å²) in [7, 11) is 0. The smallest absolute Gasteiger partial charge is 0.169 e. The van der Waals surface area contributed by atoms with Crippen LogP contribution in [-0.2, 0) is 5.41 Å². The number of halogens is 10. The van der Waals surface area contributed by atoms with Crippen molar-refractivity contribution in [2.75, 3.05) is 0 Å². The lowest BCUT2D eigenvalue weighted by Gasteiger charge is -2.39. The van der Waals surface area contributed by atoms with E-state index in [2.05, 4.69) is 31.9 Å². The predicted octanol–water partition coefficient (Wildman–Crippen LogP) is 7.54. The SMILES string of the molecule is FC(F)(F)C1(C(F)(F)F)C2=C(CC(Br)C(I)C2)c2cc(Br)c(I)cc21. The summed E-state index contributed by atoms with van der Waals surface area (Å²) in [5.41, 5.74) is -4.97. The van der Waals surface area contributed by atoms with E-state index in [0.29, 0.717) is 8.04 Å². The van der Waals surface area contributed by atoms with Gasteiger partial charge < -0.3 is 0 Å². The molecule has 2 aliphatic carbocycles. The van der Waals surface area contributed by atoms with Crippen LogP contribution in [0.2, 0.25) is 0 Å². The lowest BCUT2D eigenvalue weighted by molar-refractivity contribution is -0.289. The van der Waals surface area contributed by atoms with Gasteiger partial charge in [0.05, 0.1) is 0 Å². The number of benzene rings is 1. The second-order valence-electron chi connectivity index (χ2n) is 5.95. The Bertz CT molecular complexity index is 755. The minimum absolute atomic E-state index is 0.0460. The zero-order chi connectivity index (χ0) is 18.9. The first kappa shape index (κ1) is 20.7. The monoisotopic (exact) mass is 714 g/mol. The van der Waals surface area contributed by atoms with Gasteiger partial charge in [0.25, 0.3) is 0 Å². The quantitative estimate of drug-likeness (QED) is 0.148. The van der Waals surface area contributed by atoms with Gasteiger partial charge in [-0.25, -0.2) is 0 Å². The highest BCUT2D eigenvalue weighted by atomic mass is 127. The molecule has 2 unspecified atom stereocenters. The molecule has 0 bridgehead atoms. The van der Waals surface area contributed by atoms with E-state index in [0.717, 1.165) is 6.07 Å². The summed E-state index contributed by atoms with van der Waals surface area (Å²) in [4.78, 5) is -0.171. The second-order valence-corrected chi connectivity index (χ2v) is 10.7. The molecular formula is C15H8Br2F6I2. The molecular weight excluding hydrogens is 708 g/mol. The summed E-state index contributed by atoms with van der Waals surface area (Å²) in [6.45, 7) is 0. The number of hydrogen-bond acceptors (Lipinski definition) is 0. The minimum atomic E-state index is -5.47. The van der Waals surface area contributed by atoms with Crippen LogP contribution in [0.3, 0.4) is 0 Å². The van der Waals surface area contributed by atoms with Gasteiger partial charge in [0.15, 0.2) is 0 Å². The van der Waals surface area contributed by atoms with Crippen LogP contribution in [0, 0.1) is 3.57 Å². The number of allylic oxidation sites excluding steroid dienone is 2. The van der Waals surface area contributed by atoms with E-state index < -0.39 is 28.9 Å². The molecule has 0 aromatic heterocycles. The standard InChI is InChI=1S/C15H8Br2F6I2/c16-9-1-5-6-2-10(17)12(25)4-8(6)13(14(18,19)20,15(21,22)23)7(5)3-11(9)24/h1,3,10,12H,2,4H2. The molecule has 0 heterocycles. The van der Waals surface area contributed by atoms with E-state index in [1.165, 1.54) is 6.07 Å². The van der Waals surface area contributed by atoms with Gasteiger partial charge in [-0.2, -0.15) is 26.3 Å². The molecule has 0 saturated heterocycles. The first-order chi connectivity index (χ1) is 11.3. The van der Waals surface area contributed by atoms with E-state index in [1.807, 2.05) is 22.6 Å². The van der Waals surface area contributed by atoms with Crippen molar-refractivity contribution in [3.05, 3.63) is 36.9 Å². The minimum Gasteiger partial charge on any atom is -0.169 e. The van der Waals surface area contributed by atoms with E-state index in [1.54, 1.807) is 22.6 Å². The molecule has 0 fully saturated rings. The van der Waals surface area contributed by atoms with Crippen molar-refractivity contribution in [3.63, 3.8) is 0 Å². The summed E-state index contributed by atoms with van der Waals surface area (Å²) in [6, 6.07) is 2.41. The van der Waals surface area contributed by atoms with E-state index >= 15 is 0 Å². The summed E-state index contributed by atoms with van der Waals surface area (Å²) < 4.78 is 84.7. The molecule has 0 nitrogen and oxygen atoms in total. The van der Waals surface area contributed by atoms with E-state index in [4.69, 9.17) is 0 Å². The second kappa shape index (κ2) is 6.50. The van der Waals surface area contributed by atoms with Crippen molar-refractivity contribution in [2.24, 2.45) is 0 Å². The molecule has 2 atom stereocenters. The molecule has 1 aromatic rings. The average Bonchev–Trinajstić information content (AvgIpc) is 2.69. The van der Waals surface area contributed by atoms with Gasteiger partial charge in [0.2, 0.25) is 5.41 Å². The molecule has 0 radical (unpaired) electrons. The maximum Gasteiger partial charge on any atom is 0.410 e. The van der Waals surface area contributed by atoms with Gasteiger partial charge in [-0.3, -0.25) is 0 Å². The van der Waals surface area contributed by atoms with Gasteiger partial charge in [-0.15, -0.1) is 0 Å². The third kappa shape index (κ3) is 2.93. The molecule has 0 spiro atoms. The van der Waals surface area contributed by atoms with Crippen molar-refractivity contribution in [1.29, 1.82) is 0 Å². The summed E-state index contributed by atoms with van der Waals surface area (Å²) in [6.07, 6.45) is -11.1. The number of rotatable bonds is 0. The Morgan fingerprint density at radius 2 is 1.60 bits per heavy atom. The average molecular weight is 716 g/mol. The molecule has 25 heavy (non-hydrogen) atoms. The molecule has 0 saturated carbocycles. The maximum atomic E-state index is 14.0. The molecule has 138 valence electrons. The number of alkyl halides is 8. The van der Waals surface area contributed by atoms with Crippen molar-refractivity contribution in [1.82, 2.24) is 0 Å². The van der Waals surface area contributed by atoms with Crippen LogP contribution in [0.4, 0.5) is 26.3 Å². The molecule has 10 heteroatoms. The molecule has 0 amide bonds. The fourth-order valence-corrected chi connectivity index (χ4v) is 5.64. The first-order valence-electron chi connectivity index (χ1n) is 6.96. The van der Waals surface area contributed by atoms with Crippen LogP contribution in [0.1, 0.15) is 24.0 Å². The Morgan fingerprint density at radius 3 is 2.12 bits per heavy atom. The fraction of sp³-hybridized carbons (Fsp3) is 0.467. The number of hydrogen-bond donors (Lipinski definition) is 0. The van der Waals surface area contributed by atoms with Gasteiger partial charge in [0.1, 0.15) is 0 Å². The first-order valence-corrected chi connectivity index (χ1v) is 11.0. The van der Waals surface area contributed by atoms with Gasteiger partial charge in [0, 0.05) is 16.8 Å². The Morgan fingerprint density at radius 1 is 1.04 bits per heavy atom. The highest BCUT2D eigenvalue weighted by Crippen LogP contribution is 2.66. The van der Waals surface area contributed by atoms with Gasteiger partial charge in [-0.05, 0) is 85.8 Å². The highest BCUT2D eigenvalue weighted by molar-refractivity contribution is 14.1. The van der Waals surface area contributed by atoms with Crippen molar-refractivity contribution >= 4 is 82.6 Å². The van der Waals surface area contributed by atoms with Crippen molar-refractivity contribution < 1.29 is 26.3 Å². The number of fused-ring (bicyclic) bond motifs is 2. The Balaban J connectivity index is 2.44. The third-order valence-corrected chi connectivity index (χ3v) is 10.2. The molecule has 0 N–H and O–H groups in total. The zero-order valence-electron chi connectivity index (χ0n) is 12.0. The molecule has 2 aliphatic rings. The Labute approximate surface area is 183 Å². The van der Waals surface area contributed by atoms with Crippen LogP contribution in [0.25, 0.3) is 5.57 Å². The van der Waals surface area contributed by atoms with Crippen molar-refractivity contribution in [2.45, 2.75) is 39.4 Å². The van der Waals surface area contributed by atoms with Crippen molar-refractivity contribution in [3.8, 4) is 0 Å². The van der Waals surface area contributed by atoms with E-state index in [9.17, 15) is 26.3 Å². The zero-order valence-corrected chi connectivity index (χ0v) is 19.5. The van der Waals surface area contributed by atoms with E-state index in [-0.39, 0.29) is 32.7 Å². The topological polar surface area (TPSA) is 0 Å². The molecule has 3 rings (SSSR count). The summed E-state index contributed by atoms with van der Waals surface area (Å²) >= 11 is 10.3. The van der Waals surface area contributed by atoms with Crippen LogP contribution in [0.15, 0.2) is 22.2 Å². The lowest BCUT2D eigenvalue weighted by Crippen LogP contribution is -2.55. The van der Waals surface area contributed by atoms with Gasteiger partial charge in [-0.1, -0.05) is 38.5 Å². The Kier molecular flexibility index (Phi) is 5.38. The van der Waals surface area contributed by atoms with Gasteiger partial charge >= 0.3 is 12.4 Å². The lowest BCUT2D eigenvalue weighted by atomic mass is 9.72. The summed E-state index contributed by atoms with van der Waals surface area (Å²) in [5, 5.41) is 0. The van der Waals surface area contributed by atoms with Crippen LogP contribution in [-0.4, -0.2) is 21.1 Å². The largest absolute Gasteiger partial charge is 0.410 e. The van der Waals surface area contributed by atoms with Crippen LogP contribution in [0.5, 0.6) is 0 Å². The fourth-order valence-electron chi connectivity index (χ4n) is 3.62.